The fourth-order valence-electron chi connectivity index (χ4n) is 5.02. The van der Waals surface area contributed by atoms with Crippen LogP contribution in [0, 0.1) is 0 Å². The van der Waals surface area contributed by atoms with E-state index in [-0.39, 0.29) is 18.2 Å². The second-order valence-electron chi connectivity index (χ2n) is 8.79. The molecule has 2 aliphatic rings. The van der Waals surface area contributed by atoms with Gasteiger partial charge in [0.1, 0.15) is 0 Å². The van der Waals surface area contributed by atoms with E-state index in [0.29, 0.717) is 31.2 Å². The number of nitrogens with one attached hydrogen (secondary N) is 1. The Balaban J connectivity index is 1.42. The number of methoxy groups -OCH3 is 1. The average Bonchev–Trinajstić information content (AvgIpc) is 3.19. The van der Waals surface area contributed by atoms with Gasteiger partial charge in [-0.25, -0.2) is 18.1 Å². The number of sulfonamides is 1. The smallest absolute Gasteiger partial charge is 0.209 e. The number of anilines is 1. The van der Waals surface area contributed by atoms with Crippen LogP contribution >= 0.6 is 0 Å². The second-order valence-corrected chi connectivity index (χ2v) is 10.6. The molecule has 4 rings (SSSR count). The van der Waals surface area contributed by atoms with E-state index in [2.05, 4.69) is 44.9 Å². The zero-order valence-electron chi connectivity index (χ0n) is 18.8. The highest BCUT2D eigenvalue weighted by atomic mass is 32.2. The molecule has 0 spiro atoms. The summed E-state index contributed by atoms with van der Waals surface area (Å²) >= 11 is 0. The van der Waals surface area contributed by atoms with Gasteiger partial charge < -0.3 is 14.4 Å². The molecule has 1 saturated heterocycles. The van der Waals surface area contributed by atoms with Crippen molar-refractivity contribution in [2.75, 3.05) is 31.4 Å². The standard InChI is InChI=1S/C24H33N3O4S/c1-30-23-9-6-15-25-24(23)27-16-14-21(26-32(2,28)29)22(27)17-31-20-12-10-19(11-13-20)18-7-4-3-5-8-18/h3-9,15,19-22,26H,10-14,16-17H2,1-2H3/t19?,20?,21-,22-/m0/s1. The molecule has 1 aliphatic carbocycles. The van der Waals surface area contributed by atoms with Crippen molar-refractivity contribution in [3.05, 3.63) is 54.2 Å². The largest absolute Gasteiger partial charge is 0.493 e. The van der Waals surface area contributed by atoms with E-state index in [1.165, 1.54) is 11.8 Å². The Morgan fingerprint density at radius 1 is 1.06 bits per heavy atom. The van der Waals surface area contributed by atoms with Crippen molar-refractivity contribution in [3.63, 3.8) is 0 Å². The van der Waals surface area contributed by atoms with E-state index in [4.69, 9.17) is 9.47 Å². The Hall–Kier alpha value is -2.16. The first kappa shape index (κ1) is 23.0. The summed E-state index contributed by atoms with van der Waals surface area (Å²) in [6, 6.07) is 14.0. The summed E-state index contributed by atoms with van der Waals surface area (Å²) in [5.74, 6) is 2.01. The molecule has 0 bridgehead atoms. The normalized spacial score (nSPS) is 26.2. The van der Waals surface area contributed by atoms with Gasteiger partial charge in [0.25, 0.3) is 0 Å². The molecule has 1 aromatic heterocycles. The van der Waals surface area contributed by atoms with E-state index < -0.39 is 10.0 Å². The van der Waals surface area contributed by atoms with Crippen molar-refractivity contribution < 1.29 is 17.9 Å². The van der Waals surface area contributed by atoms with Crippen molar-refractivity contribution in [1.82, 2.24) is 9.71 Å². The minimum Gasteiger partial charge on any atom is -0.493 e. The van der Waals surface area contributed by atoms with Gasteiger partial charge in [0.05, 0.1) is 32.1 Å². The third-order valence-electron chi connectivity index (χ3n) is 6.60. The van der Waals surface area contributed by atoms with E-state index in [1.54, 1.807) is 13.3 Å². The lowest BCUT2D eigenvalue weighted by atomic mass is 9.83. The van der Waals surface area contributed by atoms with Crippen LogP contribution in [0.5, 0.6) is 5.75 Å². The van der Waals surface area contributed by atoms with Crippen LogP contribution in [0.25, 0.3) is 0 Å². The van der Waals surface area contributed by atoms with Gasteiger partial charge in [-0.2, -0.15) is 0 Å². The van der Waals surface area contributed by atoms with Crippen LogP contribution in [0.4, 0.5) is 5.82 Å². The highest BCUT2D eigenvalue weighted by Gasteiger charge is 2.38. The Morgan fingerprint density at radius 2 is 1.81 bits per heavy atom. The summed E-state index contributed by atoms with van der Waals surface area (Å²) in [7, 11) is -1.70. The van der Waals surface area contributed by atoms with Crippen LogP contribution in [-0.2, 0) is 14.8 Å². The van der Waals surface area contributed by atoms with Crippen LogP contribution in [0.1, 0.15) is 43.6 Å². The molecule has 0 unspecified atom stereocenters. The summed E-state index contributed by atoms with van der Waals surface area (Å²) < 4.78 is 38.6. The summed E-state index contributed by atoms with van der Waals surface area (Å²) in [6.07, 6.45) is 8.10. The predicted molar refractivity (Wildman–Crippen MR) is 126 cm³/mol. The predicted octanol–water partition coefficient (Wildman–Crippen LogP) is 3.33. The van der Waals surface area contributed by atoms with Crippen molar-refractivity contribution in [1.29, 1.82) is 0 Å². The molecule has 2 aromatic rings. The lowest BCUT2D eigenvalue weighted by molar-refractivity contribution is 0.0156. The lowest BCUT2D eigenvalue weighted by Crippen LogP contribution is -2.48. The fourth-order valence-corrected chi connectivity index (χ4v) is 5.84. The summed E-state index contributed by atoms with van der Waals surface area (Å²) in [4.78, 5) is 6.64. The van der Waals surface area contributed by atoms with Crippen molar-refractivity contribution in [2.45, 2.75) is 56.2 Å². The van der Waals surface area contributed by atoms with Gasteiger partial charge in [0, 0.05) is 18.8 Å². The van der Waals surface area contributed by atoms with Crippen LogP contribution in [0.2, 0.25) is 0 Å². The first-order valence-electron chi connectivity index (χ1n) is 11.3. The van der Waals surface area contributed by atoms with Crippen LogP contribution in [0.3, 0.4) is 0 Å². The number of rotatable bonds is 8. The SMILES string of the molecule is COc1cccnc1N1CC[C@H](NS(C)(=O)=O)[C@@H]1COC1CCC(c2ccccc2)CC1. The molecule has 32 heavy (non-hydrogen) atoms. The van der Waals surface area contributed by atoms with Crippen molar-refractivity contribution in [2.24, 2.45) is 0 Å². The van der Waals surface area contributed by atoms with E-state index in [0.717, 1.165) is 31.5 Å². The highest BCUT2D eigenvalue weighted by molar-refractivity contribution is 7.88. The Bertz CT molecular complexity index is 978. The number of pyridine rings is 1. The maximum absolute atomic E-state index is 12.0. The van der Waals surface area contributed by atoms with E-state index in [9.17, 15) is 8.42 Å². The number of aromatic nitrogens is 1. The molecule has 0 radical (unpaired) electrons. The van der Waals surface area contributed by atoms with Gasteiger partial charge in [-0.3, -0.25) is 0 Å². The fraction of sp³-hybridized carbons (Fsp3) is 0.542. The van der Waals surface area contributed by atoms with E-state index in [1.807, 2.05) is 12.1 Å². The maximum atomic E-state index is 12.0. The van der Waals surface area contributed by atoms with Crippen LogP contribution in [-0.4, -0.2) is 58.1 Å². The van der Waals surface area contributed by atoms with Gasteiger partial charge >= 0.3 is 0 Å². The topological polar surface area (TPSA) is 80.8 Å². The third kappa shape index (κ3) is 5.60. The van der Waals surface area contributed by atoms with E-state index >= 15 is 0 Å². The maximum Gasteiger partial charge on any atom is 0.209 e. The van der Waals surface area contributed by atoms with Crippen molar-refractivity contribution >= 4 is 15.8 Å². The quantitative estimate of drug-likeness (QED) is 0.652. The van der Waals surface area contributed by atoms with Crippen LogP contribution in [0.15, 0.2) is 48.7 Å². The lowest BCUT2D eigenvalue weighted by Gasteiger charge is -2.33. The molecule has 8 heteroatoms. The first-order chi connectivity index (χ1) is 15.4. The molecule has 1 saturated carbocycles. The van der Waals surface area contributed by atoms with Gasteiger partial charge in [-0.05, 0) is 55.7 Å². The zero-order chi connectivity index (χ0) is 22.6. The monoisotopic (exact) mass is 459 g/mol. The third-order valence-corrected chi connectivity index (χ3v) is 7.33. The summed E-state index contributed by atoms with van der Waals surface area (Å²) in [5, 5.41) is 0. The minimum atomic E-state index is -3.33. The molecule has 1 aliphatic heterocycles. The molecule has 7 nitrogen and oxygen atoms in total. The summed E-state index contributed by atoms with van der Waals surface area (Å²) in [6.45, 7) is 1.14. The molecule has 2 fully saturated rings. The number of hydrogen-bond acceptors (Lipinski definition) is 6. The van der Waals surface area contributed by atoms with Gasteiger partial charge in [0.15, 0.2) is 11.6 Å². The van der Waals surface area contributed by atoms with Crippen molar-refractivity contribution in [3.8, 4) is 5.75 Å². The Morgan fingerprint density at radius 3 is 2.50 bits per heavy atom. The van der Waals surface area contributed by atoms with Crippen LogP contribution < -0.4 is 14.4 Å². The first-order valence-corrected chi connectivity index (χ1v) is 13.2. The Kier molecular flexibility index (Phi) is 7.33. The minimum absolute atomic E-state index is 0.139. The molecule has 2 atom stereocenters. The molecule has 1 N–H and O–H groups in total. The zero-order valence-corrected chi connectivity index (χ0v) is 19.6. The average molecular weight is 460 g/mol. The molecular formula is C24H33N3O4S. The second kappa shape index (κ2) is 10.2. The van der Waals surface area contributed by atoms with Gasteiger partial charge in [0.2, 0.25) is 10.0 Å². The van der Waals surface area contributed by atoms with Gasteiger partial charge in [-0.15, -0.1) is 0 Å². The number of benzene rings is 1. The highest BCUT2D eigenvalue weighted by Crippen LogP contribution is 2.35. The molecule has 0 amide bonds. The molecule has 1 aromatic carbocycles. The molecule has 2 heterocycles. The number of ether oxygens (including phenoxy) is 2. The Labute approximate surface area is 191 Å². The van der Waals surface area contributed by atoms with Gasteiger partial charge in [-0.1, -0.05) is 30.3 Å². The number of nitrogens with zero attached hydrogens (tertiary/aromatic N) is 2. The summed E-state index contributed by atoms with van der Waals surface area (Å²) in [5.41, 5.74) is 1.41. The number of hydrogen-bond donors (Lipinski definition) is 1. The molecule has 174 valence electrons. The molecular weight excluding hydrogens is 426 g/mol.